The van der Waals surface area contributed by atoms with Gasteiger partial charge in [-0.15, -0.1) is 0 Å². The highest BCUT2D eigenvalue weighted by molar-refractivity contribution is 5.98. The Bertz CT molecular complexity index is 445. The van der Waals surface area contributed by atoms with Crippen LogP contribution in [0, 0.1) is 0 Å². The van der Waals surface area contributed by atoms with Crippen LogP contribution in [0.3, 0.4) is 0 Å². The molecule has 0 aliphatic heterocycles. The van der Waals surface area contributed by atoms with Crippen LogP contribution in [0.25, 0.3) is 0 Å². The molecule has 0 saturated heterocycles. The van der Waals surface area contributed by atoms with Crippen LogP contribution in [0.1, 0.15) is 22.5 Å². The van der Waals surface area contributed by atoms with Crippen molar-refractivity contribution in [1.82, 2.24) is 9.88 Å². The van der Waals surface area contributed by atoms with Gasteiger partial charge in [0.2, 0.25) is 0 Å². The summed E-state index contributed by atoms with van der Waals surface area (Å²) in [5, 5.41) is 11.4. The predicted molar refractivity (Wildman–Crippen MR) is 70.2 cm³/mol. The Balaban J connectivity index is 2.67. The summed E-state index contributed by atoms with van der Waals surface area (Å²) in [7, 11) is 3.33. The highest BCUT2D eigenvalue weighted by atomic mass is 16.5. The number of nitrogens with two attached hydrogens (primary N) is 1. The number of amides is 1. The monoisotopic (exact) mass is 266 g/mol. The fraction of sp³-hybridized carbons (Fsp3) is 0.417. The van der Waals surface area contributed by atoms with E-state index in [1.807, 2.05) is 0 Å². The molecule has 1 rings (SSSR count). The van der Waals surface area contributed by atoms with Crippen molar-refractivity contribution in [3.05, 3.63) is 29.6 Å². The Morgan fingerprint density at radius 2 is 2.32 bits per heavy atom. The summed E-state index contributed by atoms with van der Waals surface area (Å²) in [6, 6.07) is 3.13. The number of hydrogen-bond acceptors (Lipinski definition) is 5. The molecule has 1 heterocycles. The third kappa shape index (κ3) is 4.22. The van der Waals surface area contributed by atoms with Crippen molar-refractivity contribution in [2.24, 2.45) is 10.9 Å². The first kappa shape index (κ1) is 14.9. The average molecular weight is 266 g/mol. The molecule has 0 spiro atoms. The maximum absolute atomic E-state index is 12.0. The quantitative estimate of drug-likeness (QED) is 0.253. The minimum absolute atomic E-state index is 0.0417. The number of nitrogens with zero attached hydrogens (tertiary/aromatic N) is 3. The molecule has 104 valence electrons. The molecule has 3 N–H and O–H groups in total. The van der Waals surface area contributed by atoms with Gasteiger partial charge in [-0.3, -0.25) is 9.78 Å². The first-order valence-corrected chi connectivity index (χ1v) is 5.78. The van der Waals surface area contributed by atoms with Crippen LogP contribution < -0.4 is 5.73 Å². The van der Waals surface area contributed by atoms with Crippen LogP contribution in [0.15, 0.2) is 23.5 Å². The van der Waals surface area contributed by atoms with Crippen molar-refractivity contribution in [2.45, 2.75) is 6.42 Å². The maximum Gasteiger partial charge on any atom is 0.272 e. The third-order valence-corrected chi connectivity index (χ3v) is 2.57. The van der Waals surface area contributed by atoms with Gasteiger partial charge in [0.25, 0.3) is 5.91 Å². The lowest BCUT2D eigenvalue weighted by Crippen LogP contribution is -2.29. The maximum atomic E-state index is 12.0. The van der Waals surface area contributed by atoms with Gasteiger partial charge in [-0.05, 0) is 18.6 Å². The SMILES string of the molecule is COCCCN(C)C(=O)c1ccc(C(N)=NO)cn1. The van der Waals surface area contributed by atoms with Gasteiger partial charge in [0.1, 0.15) is 5.69 Å². The normalized spacial score (nSPS) is 11.4. The van der Waals surface area contributed by atoms with E-state index in [0.717, 1.165) is 6.42 Å². The van der Waals surface area contributed by atoms with Gasteiger partial charge in [0.15, 0.2) is 5.84 Å². The number of ether oxygens (including phenoxy) is 1. The van der Waals surface area contributed by atoms with E-state index in [0.29, 0.717) is 24.4 Å². The topological polar surface area (TPSA) is 101 Å². The second-order valence-corrected chi connectivity index (χ2v) is 3.99. The van der Waals surface area contributed by atoms with Crippen molar-refractivity contribution in [1.29, 1.82) is 0 Å². The molecule has 7 heteroatoms. The zero-order chi connectivity index (χ0) is 14.3. The summed E-state index contributed by atoms with van der Waals surface area (Å²) in [6.45, 7) is 1.20. The molecule has 0 atom stereocenters. The molecule has 0 aliphatic carbocycles. The number of pyridine rings is 1. The van der Waals surface area contributed by atoms with Gasteiger partial charge in [-0.1, -0.05) is 5.16 Å². The summed E-state index contributed by atoms with van der Waals surface area (Å²) in [5.41, 5.74) is 6.19. The van der Waals surface area contributed by atoms with E-state index in [-0.39, 0.29) is 11.7 Å². The fourth-order valence-electron chi connectivity index (χ4n) is 1.47. The molecule has 0 aromatic carbocycles. The summed E-state index contributed by atoms with van der Waals surface area (Å²) >= 11 is 0. The van der Waals surface area contributed by atoms with E-state index in [2.05, 4.69) is 10.1 Å². The van der Waals surface area contributed by atoms with E-state index >= 15 is 0 Å². The lowest BCUT2D eigenvalue weighted by molar-refractivity contribution is 0.0773. The van der Waals surface area contributed by atoms with Gasteiger partial charge in [0.05, 0.1) is 0 Å². The van der Waals surface area contributed by atoms with Crippen molar-refractivity contribution >= 4 is 11.7 Å². The van der Waals surface area contributed by atoms with Gasteiger partial charge in [0, 0.05) is 39.1 Å². The molecule has 19 heavy (non-hydrogen) atoms. The Morgan fingerprint density at radius 3 is 2.84 bits per heavy atom. The number of rotatable bonds is 6. The van der Waals surface area contributed by atoms with Crippen molar-refractivity contribution in [3.63, 3.8) is 0 Å². The zero-order valence-electron chi connectivity index (χ0n) is 11.0. The molecule has 0 unspecified atom stereocenters. The number of aromatic nitrogens is 1. The Kier molecular flexibility index (Phi) is 5.74. The molecular formula is C12H18N4O3. The first-order chi connectivity index (χ1) is 9.10. The van der Waals surface area contributed by atoms with E-state index in [1.54, 1.807) is 31.2 Å². The Morgan fingerprint density at radius 1 is 1.58 bits per heavy atom. The molecule has 0 aliphatic rings. The van der Waals surface area contributed by atoms with Crippen LogP contribution in [-0.2, 0) is 4.74 Å². The van der Waals surface area contributed by atoms with Gasteiger partial charge < -0.3 is 20.6 Å². The van der Waals surface area contributed by atoms with Gasteiger partial charge >= 0.3 is 0 Å². The second kappa shape index (κ2) is 7.32. The molecule has 1 amide bonds. The highest BCUT2D eigenvalue weighted by Gasteiger charge is 2.13. The molecule has 0 saturated carbocycles. The number of methoxy groups -OCH3 is 1. The van der Waals surface area contributed by atoms with E-state index in [4.69, 9.17) is 15.7 Å². The fourth-order valence-corrected chi connectivity index (χ4v) is 1.47. The van der Waals surface area contributed by atoms with E-state index in [9.17, 15) is 4.79 Å². The van der Waals surface area contributed by atoms with E-state index in [1.165, 1.54) is 6.20 Å². The minimum atomic E-state index is -0.179. The van der Waals surface area contributed by atoms with Crippen molar-refractivity contribution in [3.8, 4) is 0 Å². The van der Waals surface area contributed by atoms with Crippen LogP contribution in [0.2, 0.25) is 0 Å². The Labute approximate surface area is 111 Å². The Hall–Kier alpha value is -2.15. The summed E-state index contributed by atoms with van der Waals surface area (Å²) in [4.78, 5) is 17.6. The molecule has 0 radical (unpaired) electrons. The first-order valence-electron chi connectivity index (χ1n) is 5.78. The number of oxime groups is 1. The number of amidine groups is 1. The molecule has 7 nitrogen and oxygen atoms in total. The van der Waals surface area contributed by atoms with Crippen LogP contribution in [-0.4, -0.2) is 54.1 Å². The molecular weight excluding hydrogens is 248 g/mol. The average Bonchev–Trinajstić information content (AvgIpc) is 2.46. The number of carbonyl (C=O) groups excluding carboxylic acids is 1. The lowest BCUT2D eigenvalue weighted by atomic mass is 10.2. The van der Waals surface area contributed by atoms with Gasteiger partial charge in [-0.25, -0.2) is 0 Å². The number of hydrogen-bond donors (Lipinski definition) is 2. The molecule has 0 bridgehead atoms. The largest absolute Gasteiger partial charge is 0.409 e. The highest BCUT2D eigenvalue weighted by Crippen LogP contribution is 2.04. The van der Waals surface area contributed by atoms with Crippen LogP contribution in [0.5, 0.6) is 0 Å². The predicted octanol–water partition coefficient (Wildman–Crippen LogP) is 0.285. The summed E-state index contributed by atoms with van der Waals surface area (Å²) in [6.07, 6.45) is 2.16. The van der Waals surface area contributed by atoms with Crippen LogP contribution >= 0.6 is 0 Å². The summed E-state index contributed by atoms with van der Waals surface area (Å²) in [5.74, 6) is -0.220. The van der Waals surface area contributed by atoms with E-state index < -0.39 is 0 Å². The summed E-state index contributed by atoms with van der Waals surface area (Å²) < 4.78 is 4.93. The standard InChI is InChI=1S/C12H18N4O3/c1-16(6-3-7-19-2)12(17)10-5-4-9(8-14-10)11(13)15-18/h4-5,8,18H,3,6-7H2,1-2H3,(H2,13,15). The second-order valence-electron chi connectivity index (χ2n) is 3.99. The molecule has 0 fully saturated rings. The molecule has 1 aromatic rings. The van der Waals surface area contributed by atoms with Crippen molar-refractivity contribution < 1.29 is 14.7 Å². The minimum Gasteiger partial charge on any atom is -0.409 e. The lowest BCUT2D eigenvalue weighted by Gasteiger charge is -2.16. The number of carbonyl (C=O) groups is 1. The molecule has 1 aromatic heterocycles. The zero-order valence-corrected chi connectivity index (χ0v) is 11.0. The van der Waals surface area contributed by atoms with Gasteiger partial charge in [-0.2, -0.15) is 0 Å². The van der Waals surface area contributed by atoms with Crippen LogP contribution in [0.4, 0.5) is 0 Å². The van der Waals surface area contributed by atoms with Crippen molar-refractivity contribution in [2.75, 3.05) is 27.3 Å². The smallest absolute Gasteiger partial charge is 0.272 e. The third-order valence-electron chi connectivity index (χ3n) is 2.57.